The van der Waals surface area contributed by atoms with Gasteiger partial charge >= 0.3 is 0 Å². The smallest absolute Gasteiger partial charge is 0.177 e. The third-order valence-corrected chi connectivity index (χ3v) is 5.81. The van der Waals surface area contributed by atoms with Gasteiger partial charge in [-0.2, -0.15) is 5.10 Å². The zero-order chi connectivity index (χ0) is 13.8. The number of nitrogens with one attached hydrogen (secondary N) is 1. The molecule has 104 valence electrons. The maximum Gasteiger partial charge on any atom is 0.177 e. The Hall–Kier alpha value is -0.820. The van der Waals surface area contributed by atoms with E-state index in [0.717, 1.165) is 38.8 Å². The van der Waals surface area contributed by atoms with Gasteiger partial charge in [0.15, 0.2) is 5.17 Å². The van der Waals surface area contributed by atoms with Crippen molar-refractivity contribution in [2.24, 2.45) is 10.1 Å². The first kappa shape index (κ1) is 14.1. The number of amidine groups is 1. The quantitative estimate of drug-likeness (QED) is 0.908. The Morgan fingerprint density at radius 1 is 1.35 bits per heavy atom. The van der Waals surface area contributed by atoms with Crippen molar-refractivity contribution in [1.82, 2.24) is 5.43 Å². The highest BCUT2D eigenvalue weighted by atomic mass is 35.5. The van der Waals surface area contributed by atoms with Crippen molar-refractivity contribution < 1.29 is 0 Å². The Morgan fingerprint density at radius 3 is 2.95 bits per heavy atom. The lowest BCUT2D eigenvalue weighted by molar-refractivity contribution is 0.954. The minimum atomic E-state index is 0.795. The molecule has 0 amide bonds. The normalized spacial score (nSPS) is 17.1. The van der Waals surface area contributed by atoms with Crippen LogP contribution in [0.15, 0.2) is 39.7 Å². The van der Waals surface area contributed by atoms with Gasteiger partial charge in [0, 0.05) is 23.6 Å². The average Bonchev–Trinajstić information content (AvgIpc) is 3.11. The second kappa shape index (κ2) is 6.76. The summed E-state index contributed by atoms with van der Waals surface area (Å²) < 4.78 is 0.795. The van der Waals surface area contributed by atoms with Crippen LogP contribution in [0.2, 0.25) is 4.34 Å². The molecule has 0 atom stereocenters. The van der Waals surface area contributed by atoms with Gasteiger partial charge in [-0.25, -0.2) is 0 Å². The second-order valence-corrected chi connectivity index (χ2v) is 7.79. The zero-order valence-electron chi connectivity index (χ0n) is 10.5. The first-order valence-electron chi connectivity index (χ1n) is 6.09. The van der Waals surface area contributed by atoms with Crippen molar-refractivity contribution in [2.45, 2.75) is 6.42 Å². The number of hydrogen-bond donors (Lipinski definition) is 1. The Bertz CT molecular complexity index is 631. The van der Waals surface area contributed by atoms with E-state index in [-0.39, 0.29) is 0 Å². The Labute approximate surface area is 134 Å². The standard InChI is InChI=1S/C13H12ClN3S3/c14-12-4-3-11(20-12)10-8-19-13(17-16-10)15-6-5-9-2-1-7-18-9/h1-4,7H,5-6,8H2,(H,15,17). The molecule has 2 aromatic heterocycles. The molecule has 1 N–H and O–H groups in total. The number of nitrogens with zero attached hydrogens (tertiary/aromatic N) is 2. The van der Waals surface area contributed by atoms with Gasteiger partial charge in [-0.15, -0.1) is 22.7 Å². The Kier molecular flexibility index (Phi) is 4.77. The summed E-state index contributed by atoms with van der Waals surface area (Å²) >= 11 is 11.0. The molecule has 0 aliphatic carbocycles. The zero-order valence-corrected chi connectivity index (χ0v) is 13.7. The minimum absolute atomic E-state index is 0.795. The van der Waals surface area contributed by atoms with Crippen LogP contribution in [0.5, 0.6) is 0 Å². The minimum Gasteiger partial charge on any atom is -0.261 e. The summed E-state index contributed by atoms with van der Waals surface area (Å²) in [7, 11) is 0. The van der Waals surface area contributed by atoms with Gasteiger partial charge in [0.2, 0.25) is 0 Å². The maximum absolute atomic E-state index is 5.94. The van der Waals surface area contributed by atoms with Crippen LogP contribution in [0.3, 0.4) is 0 Å². The number of hydrogen-bond acceptors (Lipinski definition) is 5. The summed E-state index contributed by atoms with van der Waals surface area (Å²) in [5, 5.41) is 7.37. The van der Waals surface area contributed by atoms with Gasteiger partial charge in [-0.3, -0.25) is 10.4 Å². The number of hydrazone groups is 1. The fourth-order valence-electron chi connectivity index (χ4n) is 1.72. The molecule has 20 heavy (non-hydrogen) atoms. The molecule has 1 aliphatic rings. The molecule has 0 unspecified atom stereocenters. The summed E-state index contributed by atoms with van der Waals surface area (Å²) in [5.41, 5.74) is 4.06. The van der Waals surface area contributed by atoms with Crippen LogP contribution in [-0.4, -0.2) is 23.2 Å². The monoisotopic (exact) mass is 341 g/mol. The molecule has 0 bridgehead atoms. The number of thiophene rings is 2. The lowest BCUT2D eigenvalue weighted by atomic mass is 10.3. The van der Waals surface area contributed by atoms with Gasteiger partial charge in [0.05, 0.1) is 14.9 Å². The lowest BCUT2D eigenvalue weighted by Gasteiger charge is -2.13. The largest absolute Gasteiger partial charge is 0.261 e. The molecule has 3 heterocycles. The average molecular weight is 342 g/mol. The highest BCUT2D eigenvalue weighted by Crippen LogP contribution is 2.24. The van der Waals surface area contributed by atoms with E-state index in [1.165, 1.54) is 4.88 Å². The summed E-state index contributed by atoms with van der Waals surface area (Å²) in [6.45, 7) is 0.797. The van der Waals surface area contributed by atoms with E-state index < -0.39 is 0 Å². The predicted molar refractivity (Wildman–Crippen MR) is 91.8 cm³/mol. The number of rotatable bonds is 4. The van der Waals surface area contributed by atoms with Gasteiger partial charge in [-0.1, -0.05) is 29.4 Å². The molecular weight excluding hydrogens is 330 g/mol. The van der Waals surface area contributed by atoms with E-state index in [9.17, 15) is 0 Å². The lowest BCUT2D eigenvalue weighted by Crippen LogP contribution is -2.25. The van der Waals surface area contributed by atoms with E-state index in [1.807, 2.05) is 12.1 Å². The van der Waals surface area contributed by atoms with E-state index in [4.69, 9.17) is 11.6 Å². The molecule has 2 aromatic rings. The first-order chi connectivity index (χ1) is 9.81. The number of thioether (sulfide) groups is 1. The molecule has 3 nitrogen and oxygen atoms in total. The fourth-order valence-corrected chi connectivity index (χ4v) is 4.32. The van der Waals surface area contributed by atoms with E-state index in [2.05, 4.69) is 33.0 Å². The predicted octanol–water partition coefficient (Wildman–Crippen LogP) is 4.10. The van der Waals surface area contributed by atoms with Gasteiger partial charge < -0.3 is 0 Å². The summed E-state index contributed by atoms with van der Waals surface area (Å²) in [6.07, 6.45) is 0.987. The van der Waals surface area contributed by atoms with Crippen molar-refractivity contribution in [3.05, 3.63) is 43.7 Å². The summed E-state index contributed by atoms with van der Waals surface area (Å²) in [6, 6.07) is 8.12. The summed E-state index contributed by atoms with van der Waals surface area (Å²) in [5.74, 6) is 0.835. The Balaban J connectivity index is 1.56. The summed E-state index contributed by atoms with van der Waals surface area (Å²) in [4.78, 5) is 7.02. The topological polar surface area (TPSA) is 36.8 Å². The SMILES string of the molecule is Clc1ccc(C2=NNC(=NCCc3cccs3)SC2)s1. The molecule has 0 saturated heterocycles. The Morgan fingerprint density at radius 2 is 2.30 bits per heavy atom. The third kappa shape index (κ3) is 3.63. The van der Waals surface area contributed by atoms with Crippen molar-refractivity contribution >= 4 is 56.9 Å². The molecule has 0 aromatic carbocycles. The number of halogens is 1. The molecule has 7 heteroatoms. The molecule has 1 aliphatic heterocycles. The van der Waals surface area contributed by atoms with Crippen LogP contribution < -0.4 is 5.43 Å². The van der Waals surface area contributed by atoms with Crippen molar-refractivity contribution in [3.63, 3.8) is 0 Å². The first-order valence-corrected chi connectivity index (χ1v) is 9.15. The third-order valence-electron chi connectivity index (χ3n) is 2.68. The van der Waals surface area contributed by atoms with E-state index >= 15 is 0 Å². The van der Waals surface area contributed by atoms with Crippen LogP contribution in [-0.2, 0) is 6.42 Å². The molecule has 0 spiro atoms. The second-order valence-electron chi connectivity index (χ2n) is 4.08. The molecular formula is C13H12ClN3S3. The molecule has 0 radical (unpaired) electrons. The molecule has 0 saturated carbocycles. The van der Waals surface area contributed by atoms with Crippen LogP contribution >= 0.6 is 46.0 Å². The highest BCUT2D eigenvalue weighted by Gasteiger charge is 2.14. The van der Waals surface area contributed by atoms with Crippen molar-refractivity contribution in [1.29, 1.82) is 0 Å². The van der Waals surface area contributed by atoms with Crippen LogP contribution in [0, 0.1) is 0 Å². The molecule has 0 fully saturated rings. The number of aliphatic imine (C=N–C) groups is 1. The van der Waals surface area contributed by atoms with Crippen LogP contribution in [0.25, 0.3) is 0 Å². The maximum atomic E-state index is 5.94. The van der Waals surface area contributed by atoms with Gasteiger partial charge in [0.1, 0.15) is 0 Å². The van der Waals surface area contributed by atoms with E-state index in [0.29, 0.717) is 0 Å². The van der Waals surface area contributed by atoms with Crippen molar-refractivity contribution in [2.75, 3.05) is 12.3 Å². The van der Waals surface area contributed by atoms with Crippen LogP contribution in [0.1, 0.15) is 9.75 Å². The van der Waals surface area contributed by atoms with Gasteiger partial charge in [-0.05, 0) is 23.6 Å². The van der Waals surface area contributed by atoms with Gasteiger partial charge in [0.25, 0.3) is 0 Å². The van der Waals surface area contributed by atoms with Crippen molar-refractivity contribution in [3.8, 4) is 0 Å². The molecule has 3 rings (SSSR count). The highest BCUT2D eigenvalue weighted by molar-refractivity contribution is 8.14. The van der Waals surface area contributed by atoms with Crippen LogP contribution in [0.4, 0.5) is 0 Å². The van der Waals surface area contributed by atoms with E-state index in [1.54, 1.807) is 34.4 Å². The fraction of sp³-hybridized carbons (Fsp3) is 0.231.